The van der Waals surface area contributed by atoms with Gasteiger partial charge in [-0.1, -0.05) is 35.9 Å². The van der Waals surface area contributed by atoms with Gasteiger partial charge in [0.25, 0.3) is 0 Å². The number of rotatable bonds is 5. The summed E-state index contributed by atoms with van der Waals surface area (Å²) in [5.41, 5.74) is 3.82. The van der Waals surface area contributed by atoms with Crippen molar-refractivity contribution < 1.29 is 14.3 Å². The lowest BCUT2D eigenvalue weighted by Crippen LogP contribution is -2.21. The maximum Gasteiger partial charge on any atom is 0.238 e. The quantitative estimate of drug-likeness (QED) is 0.572. The number of thioether (sulfide) groups is 1. The second-order valence-electron chi connectivity index (χ2n) is 7.05. The summed E-state index contributed by atoms with van der Waals surface area (Å²) in [5.74, 6) is 1.78. The van der Waals surface area contributed by atoms with E-state index in [1.807, 2.05) is 56.3 Å². The number of fused-ring (bicyclic) bond motifs is 1. The highest BCUT2D eigenvalue weighted by atomic mass is 35.5. The molecule has 0 radical (unpaired) electrons. The van der Waals surface area contributed by atoms with E-state index in [-0.39, 0.29) is 16.4 Å². The summed E-state index contributed by atoms with van der Waals surface area (Å²) in [6, 6.07) is 13.4. The van der Waals surface area contributed by atoms with Crippen molar-refractivity contribution in [2.24, 2.45) is 0 Å². The first-order chi connectivity index (χ1) is 14.5. The number of ether oxygens (including phenoxy) is 2. The van der Waals surface area contributed by atoms with Gasteiger partial charge in [-0.25, -0.2) is 0 Å². The number of halogens is 1. The highest BCUT2D eigenvalue weighted by Crippen LogP contribution is 2.46. The number of carbonyl (C=O) groups excluding carboxylic acids is 1. The normalized spacial score (nSPS) is 18.3. The Morgan fingerprint density at radius 2 is 2.00 bits per heavy atom. The van der Waals surface area contributed by atoms with Crippen molar-refractivity contribution in [3.63, 3.8) is 0 Å². The van der Waals surface area contributed by atoms with Gasteiger partial charge in [0.15, 0.2) is 17.3 Å². The van der Waals surface area contributed by atoms with Crippen LogP contribution in [0.4, 0.5) is 5.82 Å². The number of nitrogens with one attached hydrogen (secondary N) is 2. The van der Waals surface area contributed by atoms with Crippen molar-refractivity contribution in [1.82, 2.24) is 10.2 Å². The molecular formula is C22H22ClN3O3S. The van der Waals surface area contributed by atoms with Gasteiger partial charge in [0.1, 0.15) is 6.61 Å². The second-order valence-corrected chi connectivity index (χ2v) is 8.91. The number of H-pyrrole nitrogens is 1. The van der Waals surface area contributed by atoms with Crippen LogP contribution >= 0.6 is 23.4 Å². The molecule has 30 heavy (non-hydrogen) atoms. The number of hydrogen-bond donors (Lipinski definition) is 2. The van der Waals surface area contributed by atoms with Crippen LogP contribution in [0.3, 0.4) is 0 Å². The number of carbonyl (C=O) groups is 1. The molecule has 2 aromatic carbocycles. The van der Waals surface area contributed by atoms with Gasteiger partial charge < -0.3 is 14.8 Å². The molecule has 4 rings (SSSR count). The van der Waals surface area contributed by atoms with Crippen LogP contribution in [0.5, 0.6) is 11.5 Å². The molecule has 156 valence electrons. The Bertz CT molecular complexity index is 1090. The third kappa shape index (κ3) is 4.00. The molecule has 2 N–H and O–H groups in total. The van der Waals surface area contributed by atoms with E-state index in [4.69, 9.17) is 21.1 Å². The second kappa shape index (κ2) is 8.62. The highest BCUT2D eigenvalue weighted by Gasteiger charge is 2.32. The lowest BCUT2D eigenvalue weighted by molar-refractivity contribution is -0.115. The number of benzene rings is 2. The van der Waals surface area contributed by atoms with E-state index in [1.54, 1.807) is 18.9 Å². The number of aromatic nitrogens is 2. The Morgan fingerprint density at radius 1 is 1.20 bits per heavy atom. The first-order valence-corrected chi connectivity index (χ1v) is 10.8. The van der Waals surface area contributed by atoms with Gasteiger partial charge >= 0.3 is 0 Å². The fourth-order valence-electron chi connectivity index (χ4n) is 3.39. The average Bonchev–Trinajstić information content (AvgIpc) is 3.04. The lowest BCUT2D eigenvalue weighted by atomic mass is 10.0. The number of aromatic amines is 1. The third-order valence-corrected chi connectivity index (χ3v) is 6.81. The van der Waals surface area contributed by atoms with Gasteiger partial charge in [-0.05, 0) is 37.6 Å². The molecule has 0 spiro atoms. The minimum atomic E-state index is -0.217. The molecule has 6 nitrogen and oxygen atoms in total. The van der Waals surface area contributed by atoms with Crippen LogP contribution in [-0.2, 0) is 11.4 Å². The molecule has 1 amide bonds. The molecule has 0 unspecified atom stereocenters. The van der Waals surface area contributed by atoms with Gasteiger partial charge in [-0.3, -0.25) is 9.89 Å². The molecule has 1 aromatic heterocycles. The summed E-state index contributed by atoms with van der Waals surface area (Å²) >= 11 is 7.81. The zero-order chi connectivity index (χ0) is 21.3. The Balaban J connectivity index is 1.64. The monoisotopic (exact) mass is 443 g/mol. The summed E-state index contributed by atoms with van der Waals surface area (Å²) in [5, 5.41) is 10.5. The van der Waals surface area contributed by atoms with E-state index < -0.39 is 0 Å². The van der Waals surface area contributed by atoms with E-state index in [0.717, 1.165) is 22.4 Å². The van der Waals surface area contributed by atoms with E-state index in [9.17, 15) is 4.79 Å². The van der Waals surface area contributed by atoms with Gasteiger partial charge in [0.05, 0.1) is 17.6 Å². The number of hydrogen-bond acceptors (Lipinski definition) is 5. The molecule has 0 bridgehead atoms. The molecule has 3 aromatic rings. The predicted octanol–water partition coefficient (Wildman–Crippen LogP) is 5.12. The SMILES string of the molecule is COc1cc([C@@H]2S[C@@H](C)C(=O)Nc3n[nH]c(C)c32)ccc1OCc1ccccc1Cl. The van der Waals surface area contributed by atoms with Crippen molar-refractivity contribution in [2.75, 3.05) is 12.4 Å². The van der Waals surface area contributed by atoms with Gasteiger partial charge in [-0.15, -0.1) is 11.8 Å². The van der Waals surface area contributed by atoms with E-state index in [2.05, 4.69) is 15.5 Å². The molecule has 0 saturated heterocycles. The third-order valence-electron chi connectivity index (χ3n) is 5.04. The molecule has 0 saturated carbocycles. The van der Waals surface area contributed by atoms with Crippen molar-refractivity contribution in [2.45, 2.75) is 31.0 Å². The standard InChI is InChI=1S/C22H22ClN3O3S/c1-12-19-20(30-13(2)22(27)24-21(19)26-25-12)14-8-9-17(18(10-14)28-3)29-11-15-6-4-5-7-16(15)23/h4-10,13,20H,11H2,1-3H3,(H2,24,25,26,27)/t13-,20-/m0/s1. The molecule has 2 atom stereocenters. The topological polar surface area (TPSA) is 76.2 Å². The fraction of sp³-hybridized carbons (Fsp3) is 0.273. The molecule has 1 aliphatic rings. The summed E-state index contributed by atoms with van der Waals surface area (Å²) < 4.78 is 11.6. The van der Waals surface area contributed by atoms with Crippen LogP contribution in [0, 0.1) is 6.92 Å². The van der Waals surface area contributed by atoms with E-state index >= 15 is 0 Å². The summed E-state index contributed by atoms with van der Waals surface area (Å²) in [6.45, 7) is 4.20. The molecule has 0 aliphatic carbocycles. The first kappa shape index (κ1) is 20.6. The van der Waals surface area contributed by atoms with Crippen LogP contribution in [0.2, 0.25) is 5.02 Å². The fourth-order valence-corrected chi connectivity index (χ4v) is 4.90. The van der Waals surface area contributed by atoms with Crippen LogP contribution < -0.4 is 14.8 Å². The number of nitrogens with zero attached hydrogens (tertiary/aromatic N) is 1. The van der Waals surface area contributed by atoms with Crippen molar-refractivity contribution in [3.05, 3.63) is 69.9 Å². The van der Waals surface area contributed by atoms with Crippen LogP contribution in [0.1, 0.15) is 34.6 Å². The zero-order valence-electron chi connectivity index (χ0n) is 16.9. The van der Waals surface area contributed by atoms with E-state index in [1.165, 1.54) is 0 Å². The minimum absolute atomic E-state index is 0.0538. The van der Waals surface area contributed by atoms with Crippen LogP contribution in [0.25, 0.3) is 0 Å². The number of amides is 1. The summed E-state index contributed by atoms with van der Waals surface area (Å²) in [4.78, 5) is 12.3. The van der Waals surface area contributed by atoms with Crippen LogP contribution in [0.15, 0.2) is 42.5 Å². The maximum absolute atomic E-state index is 12.3. The zero-order valence-corrected chi connectivity index (χ0v) is 18.4. The van der Waals surface area contributed by atoms with Crippen molar-refractivity contribution in [1.29, 1.82) is 0 Å². The summed E-state index contributed by atoms with van der Waals surface area (Å²) in [6.07, 6.45) is 0. The first-order valence-electron chi connectivity index (χ1n) is 9.53. The molecule has 1 aliphatic heterocycles. The minimum Gasteiger partial charge on any atom is -0.493 e. The Hall–Kier alpha value is -2.64. The molecular weight excluding hydrogens is 422 g/mol. The predicted molar refractivity (Wildman–Crippen MR) is 120 cm³/mol. The van der Waals surface area contributed by atoms with Crippen molar-refractivity contribution >= 4 is 35.1 Å². The van der Waals surface area contributed by atoms with Crippen molar-refractivity contribution in [3.8, 4) is 11.5 Å². The molecule has 2 heterocycles. The molecule has 8 heteroatoms. The number of aryl methyl sites for hydroxylation is 1. The van der Waals surface area contributed by atoms with Gasteiger partial charge in [0, 0.05) is 21.8 Å². The Kier molecular flexibility index (Phi) is 5.92. The summed E-state index contributed by atoms with van der Waals surface area (Å²) in [7, 11) is 1.62. The Labute approximate surface area is 184 Å². The van der Waals surface area contributed by atoms with Gasteiger partial charge in [-0.2, -0.15) is 5.10 Å². The molecule has 0 fully saturated rings. The number of methoxy groups -OCH3 is 1. The maximum atomic E-state index is 12.3. The largest absolute Gasteiger partial charge is 0.493 e. The average molecular weight is 444 g/mol. The smallest absolute Gasteiger partial charge is 0.238 e. The van der Waals surface area contributed by atoms with Gasteiger partial charge in [0.2, 0.25) is 5.91 Å². The van der Waals surface area contributed by atoms with E-state index in [0.29, 0.717) is 28.9 Å². The lowest BCUT2D eigenvalue weighted by Gasteiger charge is -2.19. The number of anilines is 1. The van der Waals surface area contributed by atoms with Crippen LogP contribution in [-0.4, -0.2) is 28.5 Å². The highest BCUT2D eigenvalue weighted by molar-refractivity contribution is 8.01. The Morgan fingerprint density at radius 3 is 2.77 bits per heavy atom.